The molecule has 0 fully saturated rings. The Bertz CT molecular complexity index is 555. The van der Waals surface area contributed by atoms with Gasteiger partial charge in [-0.05, 0) is 49.3 Å². The number of hydrogen-bond donors (Lipinski definition) is 0. The van der Waals surface area contributed by atoms with Crippen molar-refractivity contribution in [1.82, 2.24) is 0 Å². The van der Waals surface area contributed by atoms with Gasteiger partial charge >= 0.3 is 0 Å². The first kappa shape index (κ1) is 14.6. The second-order valence-corrected chi connectivity index (χ2v) is 5.27. The molecule has 0 amide bonds. The normalized spacial score (nSPS) is 14.2. The van der Waals surface area contributed by atoms with Gasteiger partial charge in [-0.15, -0.1) is 0 Å². The Balaban J connectivity index is 2.09. The van der Waals surface area contributed by atoms with Crippen LogP contribution in [0.2, 0.25) is 0 Å². The average molecular weight is 266 g/mol. The topological polar surface area (TPSA) is 17.1 Å². The summed E-state index contributed by atoms with van der Waals surface area (Å²) in [5, 5.41) is 0. The third-order valence-electron chi connectivity index (χ3n) is 3.73. The van der Waals surface area contributed by atoms with Gasteiger partial charge in [-0.25, -0.2) is 0 Å². The maximum Gasteiger partial charge on any atom is 0.132 e. The molecule has 1 nitrogen and oxygen atoms in total. The first-order chi connectivity index (χ1) is 9.79. The number of allylic oxidation sites excluding steroid dienone is 2. The molecular formula is C19H22O. The van der Waals surface area contributed by atoms with Crippen molar-refractivity contribution in [2.45, 2.75) is 51.9 Å². The molecule has 104 valence electrons. The predicted octanol–water partition coefficient (Wildman–Crippen LogP) is 4.45. The molecule has 2 rings (SSSR count). The fourth-order valence-electron chi connectivity index (χ4n) is 2.41. The summed E-state index contributed by atoms with van der Waals surface area (Å²) >= 11 is 0. The van der Waals surface area contributed by atoms with Crippen LogP contribution in [-0.2, 0) is 11.2 Å². The molecule has 0 aromatic heterocycles. The van der Waals surface area contributed by atoms with E-state index < -0.39 is 0 Å². The lowest BCUT2D eigenvalue weighted by atomic mass is 9.98. The van der Waals surface area contributed by atoms with Gasteiger partial charge in [0.05, 0.1) is 0 Å². The zero-order chi connectivity index (χ0) is 14.2. The highest BCUT2D eigenvalue weighted by Gasteiger charge is 2.04. The Morgan fingerprint density at radius 2 is 2.05 bits per heavy atom. The monoisotopic (exact) mass is 266 g/mol. The fourth-order valence-corrected chi connectivity index (χ4v) is 2.41. The van der Waals surface area contributed by atoms with Crippen LogP contribution in [0.5, 0.6) is 0 Å². The largest absolute Gasteiger partial charge is 0.300 e. The Labute approximate surface area is 122 Å². The molecule has 20 heavy (non-hydrogen) atoms. The minimum absolute atomic E-state index is 0.322. The Kier molecular flexibility index (Phi) is 5.62. The molecule has 0 saturated carbocycles. The van der Waals surface area contributed by atoms with Crippen LogP contribution in [-0.4, -0.2) is 5.78 Å². The summed E-state index contributed by atoms with van der Waals surface area (Å²) in [6, 6.07) is 8.19. The van der Waals surface area contributed by atoms with Crippen molar-refractivity contribution >= 4 is 5.78 Å². The molecule has 0 bridgehead atoms. The van der Waals surface area contributed by atoms with Crippen molar-refractivity contribution in [3.63, 3.8) is 0 Å². The van der Waals surface area contributed by atoms with Gasteiger partial charge in [0.15, 0.2) is 0 Å². The highest BCUT2D eigenvalue weighted by Crippen LogP contribution is 2.17. The molecule has 0 unspecified atom stereocenters. The second-order valence-electron chi connectivity index (χ2n) is 5.27. The number of Topliss-reactive ketones (excluding diaryl/α,β-unsaturated/α-hetero) is 1. The molecule has 0 atom stereocenters. The van der Waals surface area contributed by atoms with Crippen molar-refractivity contribution in [3.8, 4) is 11.8 Å². The lowest BCUT2D eigenvalue weighted by Gasteiger charge is -2.06. The van der Waals surface area contributed by atoms with Crippen LogP contribution >= 0.6 is 0 Å². The van der Waals surface area contributed by atoms with Crippen molar-refractivity contribution < 1.29 is 4.79 Å². The third kappa shape index (κ3) is 4.38. The zero-order valence-electron chi connectivity index (χ0n) is 12.2. The smallest absolute Gasteiger partial charge is 0.132 e. The molecule has 0 saturated heterocycles. The van der Waals surface area contributed by atoms with E-state index in [1.54, 1.807) is 0 Å². The quantitative estimate of drug-likeness (QED) is 0.736. The number of hydrogen-bond acceptors (Lipinski definition) is 1. The number of carbonyl (C=O) groups is 1. The molecule has 1 aromatic carbocycles. The van der Waals surface area contributed by atoms with E-state index in [-0.39, 0.29) is 0 Å². The van der Waals surface area contributed by atoms with Gasteiger partial charge in [0.2, 0.25) is 0 Å². The first-order valence-electron chi connectivity index (χ1n) is 7.60. The Morgan fingerprint density at radius 1 is 1.20 bits per heavy atom. The molecule has 0 radical (unpaired) electrons. The number of rotatable bonds is 4. The van der Waals surface area contributed by atoms with Gasteiger partial charge in [0.25, 0.3) is 0 Å². The van der Waals surface area contributed by atoms with Gasteiger partial charge in [0, 0.05) is 18.4 Å². The van der Waals surface area contributed by atoms with E-state index >= 15 is 0 Å². The minimum atomic E-state index is 0.322. The van der Waals surface area contributed by atoms with Crippen LogP contribution in [0.1, 0.15) is 56.6 Å². The summed E-state index contributed by atoms with van der Waals surface area (Å²) in [6.45, 7) is 1.92. The van der Waals surface area contributed by atoms with E-state index in [1.807, 2.05) is 19.1 Å². The van der Waals surface area contributed by atoms with E-state index in [2.05, 4.69) is 30.0 Å². The van der Waals surface area contributed by atoms with Crippen LogP contribution in [0.15, 0.2) is 35.9 Å². The molecular weight excluding hydrogens is 244 g/mol. The van der Waals surface area contributed by atoms with Gasteiger partial charge in [-0.3, -0.25) is 4.79 Å². The maximum absolute atomic E-state index is 11.5. The van der Waals surface area contributed by atoms with Crippen LogP contribution in [0.3, 0.4) is 0 Å². The Hall–Kier alpha value is -1.81. The van der Waals surface area contributed by atoms with E-state index in [1.165, 1.54) is 24.0 Å². The molecule has 0 aliphatic heterocycles. The minimum Gasteiger partial charge on any atom is -0.300 e. The van der Waals surface area contributed by atoms with E-state index in [0.29, 0.717) is 18.6 Å². The van der Waals surface area contributed by atoms with Gasteiger partial charge in [-0.2, -0.15) is 0 Å². The lowest BCUT2D eigenvalue weighted by molar-refractivity contribution is -0.118. The summed E-state index contributed by atoms with van der Waals surface area (Å²) in [5.74, 6) is 6.92. The van der Waals surface area contributed by atoms with Crippen molar-refractivity contribution in [2.24, 2.45) is 0 Å². The molecule has 1 aliphatic rings. The summed E-state index contributed by atoms with van der Waals surface area (Å²) < 4.78 is 0. The van der Waals surface area contributed by atoms with E-state index in [9.17, 15) is 4.79 Å². The van der Waals surface area contributed by atoms with Gasteiger partial charge in [0.1, 0.15) is 5.78 Å². The van der Waals surface area contributed by atoms with E-state index in [4.69, 9.17) is 0 Å². The maximum atomic E-state index is 11.5. The van der Waals surface area contributed by atoms with Crippen LogP contribution < -0.4 is 0 Å². The average Bonchev–Trinajstić information content (AvgIpc) is 2.52. The lowest BCUT2D eigenvalue weighted by Crippen LogP contribution is -1.99. The molecule has 0 N–H and O–H groups in total. The molecule has 1 aliphatic carbocycles. The predicted molar refractivity (Wildman–Crippen MR) is 83.5 cm³/mol. The molecule has 0 heterocycles. The van der Waals surface area contributed by atoms with Crippen molar-refractivity contribution in [2.75, 3.05) is 0 Å². The highest BCUT2D eigenvalue weighted by molar-refractivity contribution is 5.78. The van der Waals surface area contributed by atoms with Gasteiger partial charge in [-0.1, -0.05) is 43.0 Å². The summed E-state index contributed by atoms with van der Waals surface area (Å²) in [5.41, 5.74) is 3.54. The number of aryl methyl sites for hydroxylation is 1. The highest BCUT2D eigenvalue weighted by atomic mass is 16.1. The van der Waals surface area contributed by atoms with Crippen molar-refractivity contribution in [3.05, 3.63) is 47.0 Å². The zero-order valence-corrected chi connectivity index (χ0v) is 12.2. The summed E-state index contributed by atoms with van der Waals surface area (Å²) in [4.78, 5) is 11.5. The van der Waals surface area contributed by atoms with Crippen LogP contribution in [0.4, 0.5) is 0 Å². The molecule has 0 spiro atoms. The summed E-state index contributed by atoms with van der Waals surface area (Å²) in [7, 11) is 0. The first-order valence-corrected chi connectivity index (χ1v) is 7.60. The fraction of sp³-hybridized carbons (Fsp3) is 0.421. The molecule has 1 heteroatoms. The van der Waals surface area contributed by atoms with Crippen molar-refractivity contribution in [1.29, 1.82) is 0 Å². The second kappa shape index (κ2) is 7.70. The molecule has 1 aromatic rings. The van der Waals surface area contributed by atoms with Gasteiger partial charge < -0.3 is 0 Å². The number of benzene rings is 1. The van der Waals surface area contributed by atoms with E-state index in [0.717, 1.165) is 24.8 Å². The standard InChI is InChI=1S/C19H22O/c1-2-19(20)15-14-18-11-7-6-10-17(18)13-12-16-8-4-3-5-9-16/h6-8,10-11H,2-5,9,14-15H2,1H3. The number of ketones is 1. The SMILES string of the molecule is CCC(=O)CCc1ccccc1C#CC1=CCCCC1. The third-order valence-corrected chi connectivity index (χ3v) is 3.73. The van der Waals surface area contributed by atoms with Crippen LogP contribution in [0.25, 0.3) is 0 Å². The Morgan fingerprint density at radius 3 is 2.80 bits per heavy atom. The van der Waals surface area contributed by atoms with Crippen LogP contribution in [0, 0.1) is 11.8 Å². The summed E-state index contributed by atoms with van der Waals surface area (Å²) in [6.07, 6.45) is 9.14. The number of carbonyl (C=O) groups excluding carboxylic acids is 1.